The predicted molar refractivity (Wildman–Crippen MR) is 292 cm³/mol. The van der Waals surface area contributed by atoms with Crippen LogP contribution in [0.4, 0.5) is 22.7 Å². The molecule has 12 nitrogen and oxygen atoms in total. The third kappa shape index (κ3) is 14.1. The van der Waals surface area contributed by atoms with Crippen LogP contribution in [0.15, 0.2) is 182 Å². The highest BCUT2D eigenvalue weighted by atomic mass is 16.5. The van der Waals surface area contributed by atoms with Gasteiger partial charge in [-0.1, -0.05) is 90.1 Å². The van der Waals surface area contributed by atoms with Crippen molar-refractivity contribution >= 4 is 22.7 Å². The zero-order valence-electron chi connectivity index (χ0n) is 42.1. The van der Waals surface area contributed by atoms with E-state index in [4.69, 9.17) is 40.0 Å². The number of hydrogen-bond acceptors (Lipinski definition) is 12. The van der Waals surface area contributed by atoms with Gasteiger partial charge in [-0.15, -0.1) is 0 Å². The van der Waals surface area contributed by atoms with Crippen molar-refractivity contribution in [1.29, 1.82) is 21.0 Å². The van der Waals surface area contributed by atoms with Gasteiger partial charge in [-0.2, -0.15) is 21.0 Å². The fourth-order valence-electron chi connectivity index (χ4n) is 7.93. The Labute approximate surface area is 433 Å². The van der Waals surface area contributed by atoms with Crippen LogP contribution in [0.3, 0.4) is 0 Å². The average Bonchev–Trinajstić information content (AvgIpc) is 3.40. The van der Waals surface area contributed by atoms with Crippen LogP contribution >= 0.6 is 0 Å². The number of nitrogens with one attached hydrogen (secondary N) is 4. The second-order valence-corrected chi connectivity index (χ2v) is 18.4. The van der Waals surface area contributed by atoms with Crippen molar-refractivity contribution in [2.45, 2.75) is 65.2 Å². The van der Waals surface area contributed by atoms with Gasteiger partial charge in [0.05, 0.1) is 0 Å². The third-order valence-corrected chi connectivity index (χ3v) is 12.1. The number of benzene rings is 8. The van der Waals surface area contributed by atoms with Crippen LogP contribution in [-0.4, -0.2) is 0 Å². The van der Waals surface area contributed by atoms with Gasteiger partial charge in [0.1, 0.15) is 46.0 Å². The van der Waals surface area contributed by atoms with E-state index in [1.54, 1.807) is 24.3 Å². The summed E-state index contributed by atoms with van der Waals surface area (Å²) in [5, 5.41) is 45.4. The SMILES string of the molecule is CC(C)c1cc(C(C)(C)c2ccc(Oc3ccc(NC#N)cc3)c(C(C)C)c2)ccc1Oc1ccc(NC#N)cc1.N#CNc1ccc(Oc2ccc(Cc3ccc(Oc4ccc(NC#N)cc4)cc3)cc2)cc1. The number of nitrogens with zero attached hydrogens (tertiary/aromatic N) is 4. The van der Waals surface area contributed by atoms with Crippen molar-refractivity contribution in [3.8, 4) is 70.8 Å². The Bertz CT molecular complexity index is 3070. The van der Waals surface area contributed by atoms with Crippen molar-refractivity contribution < 1.29 is 18.9 Å². The monoisotopic (exact) mass is 976 g/mol. The number of rotatable bonds is 18. The Hall–Kier alpha value is -9.88. The van der Waals surface area contributed by atoms with E-state index in [9.17, 15) is 0 Å². The molecule has 8 aromatic rings. The first-order valence-corrected chi connectivity index (χ1v) is 24.0. The summed E-state index contributed by atoms with van der Waals surface area (Å²) in [5.41, 5.74) is 9.64. The number of nitriles is 4. The summed E-state index contributed by atoms with van der Waals surface area (Å²) in [6.45, 7) is 13.2. The van der Waals surface area contributed by atoms with Crippen LogP contribution in [0.2, 0.25) is 0 Å². The molecule has 12 heteroatoms. The topological polar surface area (TPSA) is 180 Å². The molecule has 0 spiro atoms. The van der Waals surface area contributed by atoms with Crippen LogP contribution in [0.1, 0.15) is 86.8 Å². The summed E-state index contributed by atoms with van der Waals surface area (Å²) < 4.78 is 24.3. The van der Waals surface area contributed by atoms with Gasteiger partial charge >= 0.3 is 0 Å². The largest absolute Gasteiger partial charge is 0.457 e. The van der Waals surface area contributed by atoms with Gasteiger partial charge in [0.25, 0.3) is 0 Å². The Kier molecular flexibility index (Phi) is 17.4. The minimum atomic E-state index is -0.264. The summed E-state index contributed by atoms with van der Waals surface area (Å²) >= 11 is 0. The van der Waals surface area contributed by atoms with Crippen molar-refractivity contribution in [3.63, 3.8) is 0 Å². The second-order valence-electron chi connectivity index (χ2n) is 18.4. The van der Waals surface area contributed by atoms with Gasteiger partial charge in [-0.3, -0.25) is 21.3 Å². The fraction of sp³-hybridized carbons (Fsp3) is 0.161. The highest BCUT2D eigenvalue weighted by Gasteiger charge is 2.27. The maximum absolute atomic E-state index is 8.83. The van der Waals surface area contributed by atoms with Gasteiger partial charge < -0.3 is 18.9 Å². The standard InChI is InChI=1S/C35H36N4O2.C27H20N4O2/c1-23(2)31-19-25(7-17-33(31)40-29-13-9-27(10-14-29)38-21-36)35(5,6)26-8-18-34(32(20-26)24(3)4)41-30-15-11-28(12-16-30)39-22-37;28-18-30-22-5-13-26(14-6-22)32-24-9-1-20(2-10-24)17-21-3-11-25(12-4-21)33-27-15-7-23(8-16-27)31-19-29/h7-20,23-24,38-39H,1-6H3;1-16,30-31H,17H2. The second kappa shape index (κ2) is 24.8. The smallest absolute Gasteiger partial charge is 0.181 e. The van der Waals surface area contributed by atoms with E-state index in [1.165, 1.54) is 22.3 Å². The molecule has 8 rings (SSSR count). The molecule has 0 aliphatic carbocycles. The lowest BCUT2D eigenvalue weighted by Crippen LogP contribution is -2.20. The quantitative estimate of drug-likeness (QED) is 0.0473. The summed E-state index contributed by atoms with van der Waals surface area (Å²) in [6, 6.07) is 58.0. The van der Waals surface area contributed by atoms with Gasteiger partial charge in [0.15, 0.2) is 24.8 Å². The Balaban J connectivity index is 0.000000221. The van der Waals surface area contributed by atoms with E-state index < -0.39 is 0 Å². The normalized spacial score (nSPS) is 10.5. The number of anilines is 4. The maximum Gasteiger partial charge on any atom is 0.181 e. The van der Waals surface area contributed by atoms with E-state index in [-0.39, 0.29) is 17.3 Å². The van der Waals surface area contributed by atoms with Gasteiger partial charge in [-0.25, -0.2) is 0 Å². The molecule has 0 fully saturated rings. The lowest BCUT2D eigenvalue weighted by molar-refractivity contribution is 0.471. The van der Waals surface area contributed by atoms with Crippen molar-refractivity contribution in [3.05, 3.63) is 215 Å². The van der Waals surface area contributed by atoms with E-state index in [0.717, 1.165) is 74.8 Å². The minimum absolute atomic E-state index is 0.261. The number of ether oxygens (including phenoxy) is 4. The Morgan fingerprint density at radius 2 is 0.622 bits per heavy atom. The lowest BCUT2D eigenvalue weighted by atomic mass is 9.76. The average molecular weight is 977 g/mol. The predicted octanol–water partition coefficient (Wildman–Crippen LogP) is 16.3. The molecule has 0 aliphatic heterocycles. The van der Waals surface area contributed by atoms with Crippen LogP contribution in [0, 0.1) is 45.8 Å². The molecule has 74 heavy (non-hydrogen) atoms. The van der Waals surface area contributed by atoms with Crippen LogP contribution in [0.5, 0.6) is 46.0 Å². The molecular weight excluding hydrogens is 921 g/mol. The highest BCUT2D eigenvalue weighted by Crippen LogP contribution is 2.41. The molecule has 8 aromatic carbocycles. The van der Waals surface area contributed by atoms with Crippen molar-refractivity contribution in [2.75, 3.05) is 21.3 Å². The van der Waals surface area contributed by atoms with Gasteiger partial charge in [0.2, 0.25) is 0 Å². The van der Waals surface area contributed by atoms with Crippen LogP contribution < -0.4 is 40.2 Å². The van der Waals surface area contributed by atoms with E-state index in [1.807, 2.05) is 146 Å². The third-order valence-electron chi connectivity index (χ3n) is 12.1. The van der Waals surface area contributed by atoms with Gasteiger partial charge in [-0.05, 0) is 185 Å². The first-order chi connectivity index (χ1) is 35.8. The molecule has 0 radical (unpaired) electrons. The molecule has 0 saturated heterocycles. The summed E-state index contributed by atoms with van der Waals surface area (Å²) in [4.78, 5) is 0. The Morgan fingerprint density at radius 1 is 0.365 bits per heavy atom. The molecule has 0 bridgehead atoms. The molecule has 368 valence electrons. The summed E-state index contributed by atoms with van der Waals surface area (Å²) in [6.07, 6.45) is 8.44. The molecule has 0 aliphatic rings. The molecule has 0 atom stereocenters. The highest BCUT2D eigenvalue weighted by molar-refractivity contribution is 5.55. The first kappa shape index (κ1) is 52.0. The van der Waals surface area contributed by atoms with E-state index >= 15 is 0 Å². The lowest BCUT2D eigenvalue weighted by Gasteiger charge is -2.29. The van der Waals surface area contributed by atoms with Gasteiger partial charge in [0, 0.05) is 28.2 Å². The molecule has 0 amide bonds. The first-order valence-electron chi connectivity index (χ1n) is 24.0. The summed E-state index contributed by atoms with van der Waals surface area (Å²) in [7, 11) is 0. The molecular formula is C62H56N8O4. The van der Waals surface area contributed by atoms with Crippen molar-refractivity contribution in [1.82, 2.24) is 0 Å². The van der Waals surface area contributed by atoms with Crippen LogP contribution in [-0.2, 0) is 11.8 Å². The maximum atomic E-state index is 8.83. The van der Waals surface area contributed by atoms with Crippen LogP contribution in [0.25, 0.3) is 0 Å². The van der Waals surface area contributed by atoms with E-state index in [0.29, 0.717) is 11.5 Å². The zero-order valence-corrected chi connectivity index (χ0v) is 42.1. The molecule has 0 unspecified atom stereocenters. The minimum Gasteiger partial charge on any atom is -0.457 e. The number of hydrogen-bond donors (Lipinski definition) is 4. The summed E-state index contributed by atoms with van der Waals surface area (Å²) in [5.74, 6) is 6.51. The molecule has 0 aromatic heterocycles. The molecule has 0 saturated carbocycles. The van der Waals surface area contributed by atoms with Crippen molar-refractivity contribution in [2.24, 2.45) is 0 Å². The fourth-order valence-corrected chi connectivity index (χ4v) is 7.93. The van der Waals surface area contributed by atoms with E-state index in [2.05, 4.69) is 99.2 Å². The molecule has 4 N–H and O–H groups in total. The molecule has 0 heterocycles. The Morgan fingerprint density at radius 3 is 0.878 bits per heavy atom. The zero-order chi connectivity index (χ0) is 52.5.